The van der Waals surface area contributed by atoms with E-state index in [4.69, 9.17) is 14.2 Å². The molecular weight excluding hydrogens is 656 g/mol. The standard InChI is InChI=1S/C40H50O11/c1-23(28-13-17-49-22-39(28)14-6-7-15-39)12-16-40(48)31(21-41)51-38(35(44)36(40)45)50-30-20-27(37(46)47)19-26-18-24(2)32(34(43)33(26)30)29(42)11-10-25-8-4-3-5-9-25/h3-5,8-9,18-20,23,28,31,35-36,38,41,43-45,48H,6-7,10-17,21-22H2,1-2H3,(H,46,47)/t23-,28-,31-,35-,36-,38-,40-/m1/s1. The first-order valence-corrected chi connectivity index (χ1v) is 18.1. The molecule has 2 saturated heterocycles. The number of hydrogen-bond acceptors (Lipinski definition) is 10. The van der Waals surface area contributed by atoms with Crippen molar-refractivity contribution in [3.05, 3.63) is 70.8 Å². The summed E-state index contributed by atoms with van der Waals surface area (Å²) in [7, 11) is 0. The minimum atomic E-state index is -2.02. The molecular formula is C40H50O11. The van der Waals surface area contributed by atoms with Crippen molar-refractivity contribution in [2.24, 2.45) is 17.3 Å². The summed E-state index contributed by atoms with van der Waals surface area (Å²) in [4.78, 5) is 25.6. The number of aliphatic hydroxyl groups excluding tert-OH is 3. The molecule has 11 heteroatoms. The number of carboxylic acids is 1. The van der Waals surface area contributed by atoms with Crippen LogP contribution in [0.3, 0.4) is 0 Å². The van der Waals surface area contributed by atoms with Gasteiger partial charge in [0.15, 0.2) is 5.78 Å². The van der Waals surface area contributed by atoms with E-state index >= 15 is 0 Å². The fourth-order valence-electron chi connectivity index (χ4n) is 8.99. The first-order valence-electron chi connectivity index (χ1n) is 18.1. The quantitative estimate of drug-likeness (QED) is 0.141. The molecule has 6 N–H and O–H groups in total. The van der Waals surface area contributed by atoms with E-state index in [1.54, 1.807) is 13.0 Å². The van der Waals surface area contributed by atoms with Crippen LogP contribution in [0.5, 0.6) is 11.5 Å². The van der Waals surface area contributed by atoms with Gasteiger partial charge >= 0.3 is 5.97 Å². The Morgan fingerprint density at radius 1 is 1.08 bits per heavy atom. The second kappa shape index (κ2) is 15.2. The van der Waals surface area contributed by atoms with Gasteiger partial charge in [0.05, 0.1) is 29.7 Å². The van der Waals surface area contributed by atoms with Crippen LogP contribution >= 0.6 is 0 Å². The number of aromatic hydroxyl groups is 1. The lowest BCUT2D eigenvalue weighted by atomic mass is 9.65. The van der Waals surface area contributed by atoms with Gasteiger partial charge in [-0.25, -0.2) is 4.79 Å². The molecule has 3 fully saturated rings. The molecule has 1 aliphatic carbocycles. The molecule has 3 aliphatic rings. The number of fused-ring (bicyclic) bond motifs is 1. The van der Waals surface area contributed by atoms with Crippen molar-refractivity contribution in [3.8, 4) is 11.5 Å². The molecule has 1 saturated carbocycles. The molecule has 0 radical (unpaired) electrons. The maximum absolute atomic E-state index is 13.5. The van der Waals surface area contributed by atoms with Crippen molar-refractivity contribution in [3.63, 3.8) is 0 Å². The number of aryl methyl sites for hydroxylation is 2. The Morgan fingerprint density at radius 2 is 1.80 bits per heavy atom. The zero-order valence-corrected chi connectivity index (χ0v) is 29.3. The van der Waals surface area contributed by atoms with Gasteiger partial charge in [0.2, 0.25) is 6.29 Å². The molecule has 0 unspecified atom stereocenters. The Balaban J connectivity index is 1.25. The summed E-state index contributed by atoms with van der Waals surface area (Å²) >= 11 is 0. The zero-order chi connectivity index (χ0) is 36.5. The van der Waals surface area contributed by atoms with E-state index in [1.165, 1.54) is 6.07 Å². The zero-order valence-electron chi connectivity index (χ0n) is 29.3. The van der Waals surface area contributed by atoms with E-state index in [0.717, 1.165) is 50.3 Å². The number of carbonyl (C=O) groups is 2. The van der Waals surface area contributed by atoms with Crippen molar-refractivity contribution >= 4 is 22.5 Å². The first-order chi connectivity index (χ1) is 24.4. The van der Waals surface area contributed by atoms with Crippen molar-refractivity contribution in [1.82, 2.24) is 0 Å². The number of rotatable bonds is 12. The topological polar surface area (TPSA) is 183 Å². The number of aliphatic hydroxyl groups is 4. The Labute approximate surface area is 297 Å². The van der Waals surface area contributed by atoms with Crippen LogP contribution in [-0.4, -0.2) is 92.4 Å². The number of aromatic carboxylic acids is 1. The number of Topliss-reactive ketones (excluding diaryl/α,β-unsaturated/α-hetero) is 1. The number of phenols is 1. The SMILES string of the molecule is Cc1cc2cc(C(=O)O)cc(O[C@@H]3O[C@H](CO)[C@](O)(CC[C@@H](C)[C@H]4CCOCC45CCCC5)[C@H](O)[C@H]3O)c2c(O)c1C(=O)CCc1ccccc1. The molecule has 3 aromatic carbocycles. The summed E-state index contributed by atoms with van der Waals surface area (Å²) in [6.45, 7) is 4.50. The van der Waals surface area contributed by atoms with Crippen molar-refractivity contribution in [2.75, 3.05) is 19.8 Å². The normalized spacial score (nSPS) is 28.2. The molecule has 3 aromatic rings. The van der Waals surface area contributed by atoms with Gasteiger partial charge in [-0.15, -0.1) is 0 Å². The molecule has 11 nitrogen and oxygen atoms in total. The summed E-state index contributed by atoms with van der Waals surface area (Å²) in [6.07, 6.45) is -0.0908. The maximum atomic E-state index is 13.5. The van der Waals surface area contributed by atoms with Crippen molar-refractivity contribution in [1.29, 1.82) is 0 Å². The van der Waals surface area contributed by atoms with E-state index < -0.39 is 48.5 Å². The highest BCUT2D eigenvalue weighted by molar-refractivity contribution is 6.09. The molecule has 51 heavy (non-hydrogen) atoms. The Kier molecular flexibility index (Phi) is 11.1. The average Bonchev–Trinajstić information content (AvgIpc) is 3.58. The van der Waals surface area contributed by atoms with Crippen LogP contribution in [-0.2, 0) is 15.9 Å². The molecule has 2 heterocycles. The lowest BCUT2D eigenvalue weighted by Gasteiger charge is -2.49. The van der Waals surface area contributed by atoms with E-state index in [-0.39, 0.29) is 57.6 Å². The number of carboxylic acid groups (broad SMARTS) is 1. The average molecular weight is 707 g/mol. The summed E-state index contributed by atoms with van der Waals surface area (Å²) in [5, 5.41) is 66.7. The van der Waals surface area contributed by atoms with Crippen LogP contribution in [0.25, 0.3) is 10.8 Å². The Hall–Kier alpha value is -3.58. The van der Waals surface area contributed by atoms with E-state index in [0.29, 0.717) is 30.9 Å². The molecule has 6 rings (SSSR count). The van der Waals surface area contributed by atoms with Crippen molar-refractivity contribution in [2.45, 2.75) is 102 Å². The third-order valence-electron chi connectivity index (χ3n) is 11.8. The van der Waals surface area contributed by atoms with Crippen LogP contribution in [0, 0.1) is 24.2 Å². The fraction of sp³-hybridized carbons (Fsp3) is 0.550. The van der Waals surface area contributed by atoms with Gasteiger partial charge in [0, 0.05) is 13.0 Å². The molecule has 276 valence electrons. The molecule has 1 spiro atoms. The Bertz CT molecular complexity index is 1710. The number of ether oxygens (including phenoxy) is 3. The number of benzene rings is 3. The van der Waals surface area contributed by atoms with Gasteiger partial charge in [0.25, 0.3) is 0 Å². The molecule has 7 atom stereocenters. The molecule has 0 bridgehead atoms. The molecule has 0 amide bonds. The lowest BCUT2D eigenvalue weighted by Crippen LogP contribution is -2.68. The predicted octanol–water partition coefficient (Wildman–Crippen LogP) is 4.93. The Morgan fingerprint density at radius 3 is 2.49 bits per heavy atom. The van der Waals surface area contributed by atoms with Gasteiger partial charge in [0.1, 0.15) is 35.4 Å². The number of carbonyl (C=O) groups excluding carboxylic acids is 1. The van der Waals surface area contributed by atoms with Gasteiger partial charge in [-0.05, 0) is 91.3 Å². The van der Waals surface area contributed by atoms with Crippen LogP contribution in [0.1, 0.15) is 90.1 Å². The molecule has 2 aliphatic heterocycles. The monoisotopic (exact) mass is 706 g/mol. The van der Waals surface area contributed by atoms with Gasteiger partial charge in [-0.3, -0.25) is 4.79 Å². The fourth-order valence-corrected chi connectivity index (χ4v) is 8.99. The second-order valence-corrected chi connectivity index (χ2v) is 15.0. The first kappa shape index (κ1) is 37.2. The predicted molar refractivity (Wildman–Crippen MR) is 188 cm³/mol. The van der Waals surface area contributed by atoms with Gasteiger partial charge in [-0.2, -0.15) is 0 Å². The van der Waals surface area contributed by atoms with Crippen molar-refractivity contribution < 1.29 is 54.4 Å². The summed E-state index contributed by atoms with van der Waals surface area (Å²) in [5.74, 6) is -1.69. The van der Waals surface area contributed by atoms with Gasteiger partial charge in [-0.1, -0.05) is 56.2 Å². The molecule has 0 aromatic heterocycles. The highest BCUT2D eigenvalue weighted by atomic mass is 16.7. The maximum Gasteiger partial charge on any atom is 0.335 e. The highest BCUT2D eigenvalue weighted by Gasteiger charge is 2.56. The van der Waals surface area contributed by atoms with Crippen LogP contribution < -0.4 is 4.74 Å². The third kappa shape index (κ3) is 7.25. The minimum absolute atomic E-state index is 0.0199. The minimum Gasteiger partial charge on any atom is -0.506 e. The second-order valence-electron chi connectivity index (χ2n) is 15.0. The van der Waals surface area contributed by atoms with Crippen LogP contribution in [0.15, 0.2) is 48.5 Å². The van der Waals surface area contributed by atoms with E-state index in [2.05, 4.69) is 6.92 Å². The van der Waals surface area contributed by atoms with Crippen LogP contribution in [0.4, 0.5) is 0 Å². The third-order valence-corrected chi connectivity index (χ3v) is 11.8. The summed E-state index contributed by atoms with van der Waals surface area (Å²) in [5.41, 5.74) is -0.649. The summed E-state index contributed by atoms with van der Waals surface area (Å²) in [6, 6.07) is 13.5. The summed E-state index contributed by atoms with van der Waals surface area (Å²) < 4.78 is 17.9. The van der Waals surface area contributed by atoms with Gasteiger partial charge < -0.3 is 44.8 Å². The number of phenolic OH excluding ortho intramolecular Hbond substituents is 1. The van der Waals surface area contributed by atoms with E-state index in [1.807, 2.05) is 30.3 Å². The lowest BCUT2D eigenvalue weighted by molar-refractivity contribution is -0.315. The smallest absolute Gasteiger partial charge is 0.335 e. The van der Waals surface area contributed by atoms with E-state index in [9.17, 15) is 40.2 Å². The number of hydrogen-bond donors (Lipinski definition) is 6. The number of ketones is 1. The van der Waals surface area contributed by atoms with Crippen LogP contribution in [0.2, 0.25) is 0 Å². The highest BCUT2D eigenvalue weighted by Crippen LogP contribution is 2.52. The largest absolute Gasteiger partial charge is 0.506 e.